The molecule has 0 aromatic heterocycles. The van der Waals surface area contributed by atoms with Crippen molar-refractivity contribution in [3.05, 3.63) is 48.0 Å². The van der Waals surface area contributed by atoms with Crippen LogP contribution in [-0.2, 0) is 9.53 Å². The van der Waals surface area contributed by atoms with E-state index in [2.05, 4.69) is 0 Å². The van der Waals surface area contributed by atoms with Gasteiger partial charge in [-0.3, -0.25) is 4.79 Å². The predicted molar refractivity (Wildman–Crippen MR) is 71.4 cm³/mol. The molecule has 0 bridgehead atoms. The summed E-state index contributed by atoms with van der Waals surface area (Å²) in [5.74, 6) is -0.315. The van der Waals surface area contributed by atoms with Crippen LogP contribution in [0.25, 0.3) is 0 Å². The Morgan fingerprint density at radius 1 is 1.42 bits per heavy atom. The normalized spacial score (nSPS) is 18.9. The van der Waals surface area contributed by atoms with Gasteiger partial charge in [-0.15, -0.1) is 0 Å². The molecule has 2 amide bonds. The molecular formula is C15H17NO3. The molecule has 19 heavy (non-hydrogen) atoms. The second kappa shape index (κ2) is 6.18. The van der Waals surface area contributed by atoms with Gasteiger partial charge >= 0.3 is 6.09 Å². The van der Waals surface area contributed by atoms with E-state index in [1.165, 1.54) is 11.0 Å². The summed E-state index contributed by atoms with van der Waals surface area (Å²) in [5, 5.41) is 0. The number of hydrogen-bond donors (Lipinski definition) is 0. The molecule has 1 heterocycles. The number of unbranched alkanes of at least 4 members (excludes halogenated alkanes) is 1. The number of benzene rings is 1. The summed E-state index contributed by atoms with van der Waals surface area (Å²) < 4.78 is 4.99. The van der Waals surface area contributed by atoms with Crippen LogP contribution in [0, 0.1) is 0 Å². The fraction of sp³-hybridized carbons (Fsp3) is 0.333. The number of carbonyl (C=O) groups is 2. The van der Waals surface area contributed by atoms with E-state index in [-0.39, 0.29) is 18.6 Å². The first-order valence-electron chi connectivity index (χ1n) is 6.45. The molecule has 1 fully saturated rings. The number of allylic oxidation sites excluding steroid dienone is 1. The minimum atomic E-state index is -0.569. The van der Waals surface area contributed by atoms with Crippen LogP contribution in [0.5, 0.6) is 0 Å². The Kier molecular flexibility index (Phi) is 4.34. The van der Waals surface area contributed by atoms with E-state index in [1.54, 1.807) is 6.08 Å². The Labute approximate surface area is 112 Å². The number of nitrogens with zero attached hydrogens (tertiary/aromatic N) is 1. The van der Waals surface area contributed by atoms with E-state index >= 15 is 0 Å². The van der Waals surface area contributed by atoms with Crippen molar-refractivity contribution in [2.45, 2.75) is 25.8 Å². The zero-order valence-electron chi connectivity index (χ0n) is 10.9. The van der Waals surface area contributed by atoms with Crippen molar-refractivity contribution < 1.29 is 14.3 Å². The zero-order chi connectivity index (χ0) is 13.7. The van der Waals surface area contributed by atoms with Gasteiger partial charge in [0, 0.05) is 0 Å². The molecule has 0 radical (unpaired) electrons. The maximum absolute atomic E-state index is 12.1. The highest BCUT2D eigenvalue weighted by Crippen LogP contribution is 2.27. The molecule has 1 saturated heterocycles. The first kappa shape index (κ1) is 13.3. The lowest BCUT2D eigenvalue weighted by Crippen LogP contribution is -2.32. The summed E-state index contributed by atoms with van der Waals surface area (Å²) in [5.41, 5.74) is 0.908. The van der Waals surface area contributed by atoms with Gasteiger partial charge in [-0.2, -0.15) is 0 Å². The maximum Gasteiger partial charge on any atom is 0.417 e. The first-order valence-corrected chi connectivity index (χ1v) is 6.45. The minimum Gasteiger partial charge on any atom is -0.446 e. The quantitative estimate of drug-likeness (QED) is 0.781. The lowest BCUT2D eigenvalue weighted by atomic mass is 10.1. The summed E-state index contributed by atoms with van der Waals surface area (Å²) in [6, 6.07) is 9.12. The molecule has 0 N–H and O–H groups in total. The number of carbonyl (C=O) groups excluding carboxylic acids is 2. The average molecular weight is 259 g/mol. The highest BCUT2D eigenvalue weighted by molar-refractivity contribution is 5.99. The molecule has 2 rings (SSSR count). The third kappa shape index (κ3) is 3.02. The molecule has 4 heteroatoms. The van der Waals surface area contributed by atoms with E-state index < -0.39 is 6.09 Å². The fourth-order valence-corrected chi connectivity index (χ4v) is 2.02. The third-order valence-corrected chi connectivity index (χ3v) is 3.01. The molecule has 100 valence electrons. The van der Waals surface area contributed by atoms with Crippen molar-refractivity contribution in [2.75, 3.05) is 6.61 Å². The monoisotopic (exact) mass is 259 g/mol. The molecule has 1 aromatic carbocycles. The van der Waals surface area contributed by atoms with Gasteiger partial charge in [-0.25, -0.2) is 9.69 Å². The van der Waals surface area contributed by atoms with Gasteiger partial charge in [0.25, 0.3) is 5.91 Å². The number of amides is 2. The highest BCUT2D eigenvalue weighted by Gasteiger charge is 2.37. The van der Waals surface area contributed by atoms with Gasteiger partial charge in [-0.05, 0) is 18.1 Å². The second-order valence-electron chi connectivity index (χ2n) is 4.40. The lowest BCUT2D eigenvalue weighted by molar-refractivity contribution is -0.124. The predicted octanol–water partition coefficient (Wildman–Crippen LogP) is 3.06. The van der Waals surface area contributed by atoms with Crippen LogP contribution in [0.15, 0.2) is 42.5 Å². The molecule has 1 aliphatic heterocycles. The van der Waals surface area contributed by atoms with E-state index in [4.69, 9.17) is 4.74 Å². The Balaban J connectivity index is 2.16. The fourth-order valence-electron chi connectivity index (χ4n) is 2.02. The van der Waals surface area contributed by atoms with Crippen LogP contribution in [0.4, 0.5) is 4.79 Å². The van der Waals surface area contributed by atoms with Gasteiger partial charge in [0.1, 0.15) is 12.6 Å². The molecular weight excluding hydrogens is 242 g/mol. The van der Waals surface area contributed by atoms with Gasteiger partial charge in [-0.1, -0.05) is 49.8 Å². The maximum atomic E-state index is 12.1. The van der Waals surface area contributed by atoms with Crippen molar-refractivity contribution in [1.29, 1.82) is 0 Å². The van der Waals surface area contributed by atoms with Gasteiger partial charge in [0.15, 0.2) is 0 Å². The Morgan fingerprint density at radius 2 is 2.16 bits per heavy atom. The molecule has 1 atom stereocenters. The Hall–Kier alpha value is -2.10. The van der Waals surface area contributed by atoms with E-state index in [0.717, 1.165) is 18.4 Å². The van der Waals surface area contributed by atoms with Crippen LogP contribution in [0.3, 0.4) is 0 Å². The standard InChI is InChI=1S/C15H17NO3/c1-2-3-5-10-14(17)16-13(11-19-15(16)18)12-8-6-4-7-9-12/h4-10,13H,2-3,11H2,1H3/b10-5+/t13-/m0/s1. The summed E-state index contributed by atoms with van der Waals surface area (Å²) in [7, 11) is 0. The zero-order valence-corrected chi connectivity index (χ0v) is 10.9. The largest absolute Gasteiger partial charge is 0.446 e. The van der Waals surface area contributed by atoms with Gasteiger partial charge < -0.3 is 4.74 Å². The number of imide groups is 1. The van der Waals surface area contributed by atoms with E-state index in [0.29, 0.717) is 0 Å². The van der Waals surface area contributed by atoms with Crippen molar-refractivity contribution in [2.24, 2.45) is 0 Å². The average Bonchev–Trinajstić information content (AvgIpc) is 2.82. The minimum absolute atomic E-state index is 0.218. The molecule has 0 aliphatic carbocycles. The summed E-state index contributed by atoms with van der Waals surface area (Å²) >= 11 is 0. The number of hydrogen-bond acceptors (Lipinski definition) is 3. The van der Waals surface area contributed by atoms with Crippen molar-refractivity contribution in [3.8, 4) is 0 Å². The van der Waals surface area contributed by atoms with Crippen molar-refractivity contribution in [3.63, 3.8) is 0 Å². The smallest absolute Gasteiger partial charge is 0.417 e. The molecule has 0 unspecified atom stereocenters. The second-order valence-corrected chi connectivity index (χ2v) is 4.40. The lowest BCUT2D eigenvalue weighted by Gasteiger charge is -2.18. The van der Waals surface area contributed by atoms with E-state index in [9.17, 15) is 9.59 Å². The van der Waals surface area contributed by atoms with Gasteiger partial charge in [0.2, 0.25) is 0 Å². The Morgan fingerprint density at radius 3 is 2.84 bits per heavy atom. The topological polar surface area (TPSA) is 46.6 Å². The number of cyclic esters (lactones) is 1. The van der Waals surface area contributed by atoms with Crippen LogP contribution >= 0.6 is 0 Å². The summed E-state index contributed by atoms with van der Waals surface area (Å²) in [6.45, 7) is 2.25. The van der Waals surface area contributed by atoms with Gasteiger partial charge in [0.05, 0.1) is 0 Å². The van der Waals surface area contributed by atoms with Crippen LogP contribution in [-0.4, -0.2) is 23.5 Å². The summed E-state index contributed by atoms with van der Waals surface area (Å²) in [6.07, 6.45) is 4.46. The van der Waals surface area contributed by atoms with Crippen LogP contribution in [0.1, 0.15) is 31.4 Å². The molecule has 4 nitrogen and oxygen atoms in total. The van der Waals surface area contributed by atoms with E-state index in [1.807, 2.05) is 37.3 Å². The molecule has 0 saturated carbocycles. The first-order chi connectivity index (χ1) is 9.24. The third-order valence-electron chi connectivity index (χ3n) is 3.01. The number of rotatable bonds is 4. The molecule has 1 aromatic rings. The van der Waals surface area contributed by atoms with Crippen LogP contribution in [0.2, 0.25) is 0 Å². The van der Waals surface area contributed by atoms with Crippen molar-refractivity contribution >= 4 is 12.0 Å². The van der Waals surface area contributed by atoms with Crippen LogP contribution < -0.4 is 0 Å². The number of ether oxygens (including phenoxy) is 1. The summed E-state index contributed by atoms with van der Waals surface area (Å²) in [4.78, 5) is 24.9. The molecule has 0 spiro atoms. The highest BCUT2D eigenvalue weighted by atomic mass is 16.6. The van der Waals surface area contributed by atoms with Crippen molar-refractivity contribution in [1.82, 2.24) is 4.90 Å². The Bertz CT molecular complexity index is 481. The molecule has 1 aliphatic rings. The SMILES string of the molecule is CCC/C=C/C(=O)N1C(=O)OC[C@H]1c1ccccc1.